The molecular weight excluding hydrogens is 568 g/mol. The van der Waals surface area contributed by atoms with Gasteiger partial charge < -0.3 is 14.7 Å². The van der Waals surface area contributed by atoms with Gasteiger partial charge in [-0.05, 0) is 104 Å². The van der Waals surface area contributed by atoms with Crippen molar-refractivity contribution in [1.29, 1.82) is 0 Å². The fourth-order valence-corrected chi connectivity index (χ4v) is 8.82. The molecule has 2 aliphatic heterocycles. The largest absolute Gasteiger partial charge is 0.491 e. The van der Waals surface area contributed by atoms with Crippen molar-refractivity contribution in [3.8, 4) is 5.75 Å². The van der Waals surface area contributed by atoms with Crippen LogP contribution in [0.3, 0.4) is 0 Å². The molecule has 1 amide bonds. The van der Waals surface area contributed by atoms with E-state index >= 15 is 0 Å². The van der Waals surface area contributed by atoms with Crippen molar-refractivity contribution in [3.63, 3.8) is 0 Å². The summed E-state index contributed by atoms with van der Waals surface area (Å²) in [5.74, 6) is 1.50. The average Bonchev–Trinajstić information content (AvgIpc) is 3.10. The number of benzene rings is 2. The topological polar surface area (TPSA) is 78.9 Å². The number of aryl methyl sites for hydroxylation is 1. The number of allylic oxidation sites excluding steroid dienone is 1. The molecule has 2 N–H and O–H groups in total. The van der Waals surface area contributed by atoms with E-state index in [1.165, 1.54) is 11.1 Å². The summed E-state index contributed by atoms with van der Waals surface area (Å²) in [4.78, 5) is 15.8. The number of anilines is 1. The predicted octanol–water partition coefficient (Wildman–Crippen LogP) is 6.57. The molecule has 6 nitrogen and oxygen atoms in total. The Kier molecular flexibility index (Phi) is 9.27. The van der Waals surface area contributed by atoms with Crippen molar-refractivity contribution in [2.75, 3.05) is 24.6 Å². The number of aliphatic hydroxyl groups excluding tert-OH is 1. The molecule has 2 heterocycles. The molecule has 0 radical (unpaired) electrons. The molecular formula is C34H43ClN2O4S. The van der Waals surface area contributed by atoms with Gasteiger partial charge in [-0.2, -0.15) is 0 Å². The van der Waals surface area contributed by atoms with E-state index in [-0.39, 0.29) is 23.0 Å². The van der Waals surface area contributed by atoms with Crippen LogP contribution < -0.4 is 14.4 Å². The third-order valence-electron chi connectivity index (χ3n) is 9.97. The minimum Gasteiger partial charge on any atom is -0.491 e. The van der Waals surface area contributed by atoms with Gasteiger partial charge in [-0.3, -0.25) is 9.52 Å². The second kappa shape index (κ2) is 13.1. The maximum Gasteiger partial charge on any atom is 0.263 e. The van der Waals surface area contributed by atoms with Gasteiger partial charge in [-0.1, -0.05) is 49.6 Å². The summed E-state index contributed by atoms with van der Waals surface area (Å²) in [5, 5.41) is 11.8. The Morgan fingerprint density at radius 3 is 2.67 bits per heavy atom. The van der Waals surface area contributed by atoms with Gasteiger partial charge in [0.2, 0.25) is 0 Å². The van der Waals surface area contributed by atoms with Gasteiger partial charge in [-0.15, -0.1) is 0 Å². The summed E-state index contributed by atoms with van der Waals surface area (Å²) >= 11 is 6.40. The lowest BCUT2D eigenvalue weighted by Gasteiger charge is -2.42. The Labute approximate surface area is 257 Å². The number of hydrogen-bond acceptors (Lipinski definition) is 5. The lowest BCUT2D eigenvalue weighted by atomic mass is 9.70. The fraction of sp³-hybridized carbons (Fsp3) is 0.559. The molecule has 6 rings (SSSR count). The van der Waals surface area contributed by atoms with E-state index in [0.717, 1.165) is 87.3 Å². The van der Waals surface area contributed by atoms with Crippen LogP contribution in [0.2, 0.25) is 5.02 Å². The monoisotopic (exact) mass is 610 g/mol. The summed E-state index contributed by atoms with van der Waals surface area (Å²) in [5.41, 5.74) is 3.89. The first kappa shape index (κ1) is 29.7. The van der Waals surface area contributed by atoms with E-state index in [1.54, 1.807) is 6.07 Å². The Hall–Kier alpha value is -2.35. The molecule has 0 spiro atoms. The fourth-order valence-electron chi connectivity index (χ4n) is 7.20. The maximum atomic E-state index is 13.4. The van der Waals surface area contributed by atoms with Gasteiger partial charge in [0.1, 0.15) is 16.7 Å². The number of nitrogens with zero attached hydrogens (tertiary/aromatic N) is 1. The van der Waals surface area contributed by atoms with Crippen molar-refractivity contribution >= 4 is 34.2 Å². The van der Waals surface area contributed by atoms with Crippen LogP contribution in [0, 0.1) is 17.8 Å². The zero-order chi connectivity index (χ0) is 29.2. The number of carbonyl (C=O) groups excluding carboxylic acids is 1. The van der Waals surface area contributed by atoms with Crippen molar-refractivity contribution in [2.24, 2.45) is 17.8 Å². The van der Waals surface area contributed by atoms with Crippen LogP contribution >= 0.6 is 11.6 Å². The number of aliphatic hydroxyl groups is 1. The smallest absolute Gasteiger partial charge is 0.263 e. The molecule has 0 saturated heterocycles. The van der Waals surface area contributed by atoms with E-state index in [2.05, 4.69) is 34.8 Å². The molecule has 2 saturated carbocycles. The number of fused-ring (bicyclic) bond motifs is 2. The standard InChI is InChI=1S/C34H43ClN2O4S/c1-2-6-23-17-27(35)13-15-28(23)26-20-37-19-25-11-14-29(25)31(38)9-3-4-10-33(22-7-5-8-22)42(40)36-34(39)24-12-16-32(41-21-26)30(37)18-24/h3,9,12-13,15-18,22,25-26,29,31,33,38H,2,4-8,10-11,14,19-21H2,1H3,(H,36,39)/b9-3+. The SMILES string of the molecule is CCCc1cc(Cl)ccc1C1COc2ccc3cc2N(C1)CC1CCC1C(O)/C=C/CCC(C1CCC1)S(=O)NC3=O. The van der Waals surface area contributed by atoms with Crippen LogP contribution in [0.15, 0.2) is 48.6 Å². The number of carbonyl (C=O) groups is 1. The highest BCUT2D eigenvalue weighted by Gasteiger charge is 2.38. The molecule has 6 atom stereocenters. The number of nitrogens with one attached hydrogen (secondary N) is 1. The van der Waals surface area contributed by atoms with Crippen molar-refractivity contribution in [1.82, 2.24) is 4.72 Å². The van der Waals surface area contributed by atoms with Crippen molar-refractivity contribution in [2.45, 2.75) is 82.0 Å². The van der Waals surface area contributed by atoms with E-state index in [9.17, 15) is 14.1 Å². The summed E-state index contributed by atoms with van der Waals surface area (Å²) in [7, 11) is -1.47. The van der Waals surface area contributed by atoms with E-state index in [0.29, 0.717) is 24.0 Å². The van der Waals surface area contributed by atoms with E-state index in [4.69, 9.17) is 16.3 Å². The molecule has 4 aliphatic rings. The second-order valence-electron chi connectivity index (χ2n) is 12.6. The first-order valence-corrected chi connectivity index (χ1v) is 17.4. The van der Waals surface area contributed by atoms with Crippen molar-refractivity contribution in [3.05, 3.63) is 70.3 Å². The predicted molar refractivity (Wildman–Crippen MR) is 170 cm³/mol. The first-order valence-electron chi connectivity index (χ1n) is 15.8. The average molecular weight is 611 g/mol. The highest BCUT2D eigenvalue weighted by atomic mass is 35.5. The Bertz CT molecular complexity index is 1340. The summed E-state index contributed by atoms with van der Waals surface area (Å²) in [6.45, 7) is 4.22. The normalized spacial score (nSPS) is 31.0. The highest BCUT2D eigenvalue weighted by molar-refractivity contribution is 7.84. The molecule has 2 bridgehead atoms. The highest BCUT2D eigenvalue weighted by Crippen LogP contribution is 2.43. The molecule has 8 heteroatoms. The summed E-state index contributed by atoms with van der Waals surface area (Å²) in [6, 6.07) is 11.8. The first-order chi connectivity index (χ1) is 20.4. The van der Waals surface area contributed by atoms with E-state index < -0.39 is 17.1 Å². The molecule has 42 heavy (non-hydrogen) atoms. The van der Waals surface area contributed by atoms with Gasteiger partial charge in [-0.25, -0.2) is 4.21 Å². The Morgan fingerprint density at radius 2 is 1.93 bits per heavy atom. The Balaban J connectivity index is 1.35. The van der Waals surface area contributed by atoms with Gasteiger partial charge in [0.15, 0.2) is 0 Å². The molecule has 2 aromatic rings. The summed E-state index contributed by atoms with van der Waals surface area (Å²) in [6.07, 6.45) is 12.3. The molecule has 2 fully saturated rings. The third kappa shape index (κ3) is 6.29. The van der Waals surface area contributed by atoms with Crippen LogP contribution in [0.1, 0.15) is 85.7 Å². The zero-order valence-corrected chi connectivity index (χ0v) is 26.0. The van der Waals surface area contributed by atoms with E-state index in [1.807, 2.05) is 24.3 Å². The molecule has 6 unspecified atom stereocenters. The van der Waals surface area contributed by atoms with Crippen LogP contribution in [-0.2, 0) is 17.4 Å². The minimum atomic E-state index is -1.47. The van der Waals surface area contributed by atoms with Gasteiger partial charge in [0, 0.05) is 29.6 Å². The molecule has 2 aliphatic carbocycles. The third-order valence-corrected chi connectivity index (χ3v) is 11.8. The lowest BCUT2D eigenvalue weighted by Crippen LogP contribution is -2.44. The van der Waals surface area contributed by atoms with Gasteiger partial charge >= 0.3 is 0 Å². The Morgan fingerprint density at radius 1 is 1.07 bits per heavy atom. The second-order valence-corrected chi connectivity index (χ2v) is 14.5. The quantitative estimate of drug-likeness (QED) is 0.383. The lowest BCUT2D eigenvalue weighted by molar-refractivity contribution is 0.0461. The van der Waals surface area contributed by atoms with Crippen LogP contribution in [0.5, 0.6) is 5.75 Å². The van der Waals surface area contributed by atoms with Gasteiger partial charge in [0.25, 0.3) is 5.91 Å². The van der Waals surface area contributed by atoms with Crippen LogP contribution in [-0.4, -0.2) is 46.3 Å². The number of rotatable bonds is 4. The number of amides is 1. The molecule has 0 aromatic heterocycles. The van der Waals surface area contributed by atoms with Gasteiger partial charge in [0.05, 0.1) is 23.6 Å². The van der Waals surface area contributed by atoms with Crippen LogP contribution in [0.4, 0.5) is 5.69 Å². The maximum absolute atomic E-state index is 13.4. The molecule has 226 valence electrons. The molecule has 2 aromatic carbocycles. The minimum absolute atomic E-state index is 0.0769. The number of halogens is 1. The van der Waals surface area contributed by atoms with Crippen LogP contribution in [0.25, 0.3) is 0 Å². The number of ether oxygens (including phenoxy) is 1. The zero-order valence-electron chi connectivity index (χ0n) is 24.5. The summed E-state index contributed by atoms with van der Waals surface area (Å²) < 4.78 is 22.7. The van der Waals surface area contributed by atoms with Crippen molar-refractivity contribution < 1.29 is 18.8 Å². The number of hydrogen-bond donors (Lipinski definition) is 2.